The van der Waals surface area contributed by atoms with Gasteiger partial charge in [0.15, 0.2) is 0 Å². The molecule has 0 fully saturated rings. The van der Waals surface area contributed by atoms with E-state index in [-0.39, 0.29) is 18.3 Å². The SMILES string of the molecule is COC(=O)CCNC(=O)CCCCBr. The van der Waals surface area contributed by atoms with Gasteiger partial charge in [-0.1, -0.05) is 15.9 Å². The number of hydrogen-bond donors (Lipinski definition) is 1. The van der Waals surface area contributed by atoms with E-state index in [9.17, 15) is 9.59 Å². The molecule has 1 N–H and O–H groups in total. The standard InChI is InChI=1S/C9H16BrNO3/c1-14-9(13)5-7-11-8(12)4-2-3-6-10/h2-7H2,1H3,(H,11,12). The van der Waals surface area contributed by atoms with Crippen LogP contribution in [0.15, 0.2) is 0 Å². The Morgan fingerprint density at radius 1 is 1.29 bits per heavy atom. The van der Waals surface area contributed by atoms with Gasteiger partial charge in [-0.2, -0.15) is 0 Å². The number of unbranched alkanes of at least 4 members (excludes halogenated alkanes) is 1. The van der Waals surface area contributed by atoms with E-state index in [0.717, 1.165) is 18.2 Å². The van der Waals surface area contributed by atoms with Crippen molar-refractivity contribution >= 4 is 27.8 Å². The van der Waals surface area contributed by atoms with Gasteiger partial charge in [-0.15, -0.1) is 0 Å². The van der Waals surface area contributed by atoms with Crippen molar-refractivity contribution in [2.45, 2.75) is 25.7 Å². The van der Waals surface area contributed by atoms with E-state index in [1.807, 2.05) is 0 Å². The Balaban J connectivity index is 3.31. The largest absolute Gasteiger partial charge is 0.469 e. The highest BCUT2D eigenvalue weighted by molar-refractivity contribution is 9.09. The van der Waals surface area contributed by atoms with Crippen LogP contribution in [0.25, 0.3) is 0 Å². The minimum absolute atomic E-state index is 0.00477. The molecule has 0 aromatic rings. The molecule has 4 nitrogen and oxygen atoms in total. The zero-order valence-electron chi connectivity index (χ0n) is 8.35. The van der Waals surface area contributed by atoms with Crippen molar-refractivity contribution in [2.75, 3.05) is 19.0 Å². The van der Waals surface area contributed by atoms with E-state index in [1.54, 1.807) is 0 Å². The van der Waals surface area contributed by atoms with Gasteiger partial charge in [-0.3, -0.25) is 9.59 Å². The van der Waals surface area contributed by atoms with Crippen LogP contribution in [0.2, 0.25) is 0 Å². The Kier molecular flexibility index (Phi) is 8.62. The van der Waals surface area contributed by atoms with Crippen LogP contribution in [-0.2, 0) is 14.3 Å². The number of methoxy groups -OCH3 is 1. The minimum Gasteiger partial charge on any atom is -0.469 e. The third-order valence-corrected chi connectivity index (χ3v) is 2.23. The van der Waals surface area contributed by atoms with Gasteiger partial charge < -0.3 is 10.1 Å². The number of halogens is 1. The molecule has 1 amide bonds. The van der Waals surface area contributed by atoms with Crippen molar-refractivity contribution in [3.05, 3.63) is 0 Å². The predicted octanol–water partition coefficient (Wildman–Crippen LogP) is 1.23. The van der Waals surface area contributed by atoms with Gasteiger partial charge in [0.05, 0.1) is 13.5 Å². The molecular formula is C9H16BrNO3. The third-order valence-electron chi connectivity index (χ3n) is 1.67. The zero-order valence-corrected chi connectivity index (χ0v) is 9.93. The quantitative estimate of drug-likeness (QED) is 0.428. The molecule has 0 aliphatic heterocycles. The van der Waals surface area contributed by atoms with Gasteiger partial charge in [0, 0.05) is 18.3 Å². The normalized spacial score (nSPS) is 9.57. The average molecular weight is 266 g/mol. The summed E-state index contributed by atoms with van der Waals surface area (Å²) in [6.07, 6.45) is 2.62. The number of hydrogen-bond acceptors (Lipinski definition) is 3. The van der Waals surface area contributed by atoms with Crippen LogP contribution in [-0.4, -0.2) is 30.9 Å². The summed E-state index contributed by atoms with van der Waals surface area (Å²) in [4.78, 5) is 21.8. The molecule has 0 aliphatic carbocycles. The smallest absolute Gasteiger partial charge is 0.307 e. The molecule has 0 bridgehead atoms. The van der Waals surface area contributed by atoms with E-state index in [4.69, 9.17) is 0 Å². The fraction of sp³-hybridized carbons (Fsp3) is 0.778. The molecule has 5 heteroatoms. The summed E-state index contributed by atoms with van der Waals surface area (Å²) in [6.45, 7) is 0.361. The van der Waals surface area contributed by atoms with Crippen molar-refractivity contribution < 1.29 is 14.3 Å². The van der Waals surface area contributed by atoms with E-state index < -0.39 is 0 Å². The van der Waals surface area contributed by atoms with Crippen LogP contribution >= 0.6 is 15.9 Å². The number of esters is 1. The first kappa shape index (κ1) is 13.4. The number of ether oxygens (including phenoxy) is 1. The maximum atomic E-state index is 11.1. The van der Waals surface area contributed by atoms with Crippen LogP contribution in [0.1, 0.15) is 25.7 Å². The van der Waals surface area contributed by atoms with Crippen LogP contribution in [0.5, 0.6) is 0 Å². The number of nitrogens with one attached hydrogen (secondary N) is 1. The van der Waals surface area contributed by atoms with E-state index in [2.05, 4.69) is 26.0 Å². The maximum absolute atomic E-state index is 11.1. The first-order valence-corrected chi connectivity index (χ1v) is 5.72. The van der Waals surface area contributed by atoms with Crippen LogP contribution in [0, 0.1) is 0 Å². The highest BCUT2D eigenvalue weighted by atomic mass is 79.9. The summed E-state index contributed by atoms with van der Waals surface area (Å²) >= 11 is 3.29. The highest BCUT2D eigenvalue weighted by Crippen LogP contribution is 1.98. The van der Waals surface area contributed by atoms with E-state index in [1.165, 1.54) is 7.11 Å². The number of carbonyl (C=O) groups excluding carboxylic acids is 2. The lowest BCUT2D eigenvalue weighted by atomic mass is 10.2. The van der Waals surface area contributed by atoms with Crippen LogP contribution < -0.4 is 5.32 Å². The Hall–Kier alpha value is -0.580. The monoisotopic (exact) mass is 265 g/mol. The second-order valence-electron chi connectivity index (χ2n) is 2.82. The number of amides is 1. The van der Waals surface area contributed by atoms with Crippen molar-refractivity contribution in [3.8, 4) is 0 Å². The van der Waals surface area contributed by atoms with Crippen LogP contribution in [0.3, 0.4) is 0 Å². The van der Waals surface area contributed by atoms with Crippen molar-refractivity contribution in [1.82, 2.24) is 5.32 Å². The van der Waals surface area contributed by atoms with Gasteiger partial charge in [-0.05, 0) is 12.8 Å². The average Bonchev–Trinajstić information content (AvgIpc) is 2.18. The van der Waals surface area contributed by atoms with Gasteiger partial charge in [0.2, 0.25) is 5.91 Å². The van der Waals surface area contributed by atoms with Gasteiger partial charge in [-0.25, -0.2) is 0 Å². The molecule has 14 heavy (non-hydrogen) atoms. The first-order valence-electron chi connectivity index (χ1n) is 4.60. The fourth-order valence-corrected chi connectivity index (χ4v) is 1.27. The zero-order chi connectivity index (χ0) is 10.8. The van der Waals surface area contributed by atoms with Gasteiger partial charge in [0.25, 0.3) is 0 Å². The molecule has 82 valence electrons. The molecule has 0 spiro atoms. The van der Waals surface area contributed by atoms with Crippen LogP contribution in [0.4, 0.5) is 0 Å². The molecule has 0 atom stereocenters. The molecule has 0 saturated carbocycles. The van der Waals surface area contributed by atoms with Gasteiger partial charge >= 0.3 is 5.97 Å². The Morgan fingerprint density at radius 3 is 2.57 bits per heavy atom. The number of rotatable bonds is 7. The molecule has 0 aromatic carbocycles. The number of alkyl halides is 1. The summed E-state index contributed by atoms with van der Waals surface area (Å²) in [7, 11) is 1.33. The lowest BCUT2D eigenvalue weighted by Crippen LogP contribution is -2.25. The Morgan fingerprint density at radius 2 is 2.00 bits per heavy atom. The molecule has 0 rings (SSSR count). The lowest BCUT2D eigenvalue weighted by Gasteiger charge is -2.03. The fourth-order valence-electron chi connectivity index (χ4n) is 0.874. The molecule has 0 radical (unpaired) electrons. The van der Waals surface area contributed by atoms with Crippen molar-refractivity contribution in [1.29, 1.82) is 0 Å². The molecule has 0 aromatic heterocycles. The molecule has 0 heterocycles. The number of carbonyl (C=O) groups is 2. The summed E-state index contributed by atoms with van der Waals surface area (Å²) in [5.41, 5.74) is 0. The Bertz CT molecular complexity index is 185. The maximum Gasteiger partial charge on any atom is 0.307 e. The van der Waals surface area contributed by atoms with Crippen molar-refractivity contribution in [3.63, 3.8) is 0 Å². The second kappa shape index (κ2) is 8.99. The van der Waals surface area contributed by atoms with Crippen molar-refractivity contribution in [2.24, 2.45) is 0 Å². The highest BCUT2D eigenvalue weighted by Gasteiger charge is 2.02. The summed E-state index contributed by atoms with van der Waals surface area (Å²) in [5.74, 6) is -0.305. The third kappa shape index (κ3) is 8.04. The molecular weight excluding hydrogens is 250 g/mol. The summed E-state index contributed by atoms with van der Waals surface area (Å²) in [5, 5.41) is 3.57. The van der Waals surface area contributed by atoms with E-state index >= 15 is 0 Å². The first-order chi connectivity index (χ1) is 6.70. The second-order valence-corrected chi connectivity index (χ2v) is 3.62. The van der Waals surface area contributed by atoms with Gasteiger partial charge in [0.1, 0.15) is 0 Å². The Labute approximate surface area is 92.5 Å². The van der Waals surface area contributed by atoms with E-state index in [0.29, 0.717) is 13.0 Å². The molecule has 0 unspecified atom stereocenters. The summed E-state index contributed by atoms with van der Waals surface area (Å²) < 4.78 is 4.43. The predicted molar refractivity (Wildman–Crippen MR) is 57.3 cm³/mol. The molecule has 0 aliphatic rings. The topological polar surface area (TPSA) is 55.4 Å². The lowest BCUT2D eigenvalue weighted by molar-refractivity contribution is -0.140. The minimum atomic E-state index is -0.300. The molecule has 0 saturated heterocycles. The summed E-state index contributed by atoms with van der Waals surface area (Å²) in [6, 6.07) is 0.